The standard InChI is InChI=1S/C11H20N4O/c1-4-5-14-11(3,10(12)16)8-15-7-6-13-9(15)2/h6-7,14H,4-5,8H2,1-3H3,(H2,12,16). The van der Waals surface area contributed by atoms with Gasteiger partial charge in [-0.2, -0.15) is 0 Å². The van der Waals surface area contributed by atoms with Gasteiger partial charge in [-0.1, -0.05) is 6.92 Å². The number of primary amides is 1. The highest BCUT2D eigenvalue weighted by molar-refractivity contribution is 5.84. The largest absolute Gasteiger partial charge is 0.368 e. The van der Waals surface area contributed by atoms with Crippen molar-refractivity contribution in [2.75, 3.05) is 6.54 Å². The lowest BCUT2D eigenvalue weighted by Gasteiger charge is -2.28. The molecule has 1 heterocycles. The molecule has 1 aromatic heterocycles. The number of aromatic nitrogens is 2. The molecule has 0 radical (unpaired) electrons. The van der Waals surface area contributed by atoms with Gasteiger partial charge in [-0.05, 0) is 26.8 Å². The molecule has 90 valence electrons. The number of nitrogens with one attached hydrogen (secondary N) is 1. The summed E-state index contributed by atoms with van der Waals surface area (Å²) in [5, 5.41) is 3.19. The third-order valence-electron chi connectivity index (χ3n) is 2.72. The molecule has 0 fully saturated rings. The van der Waals surface area contributed by atoms with Crippen LogP contribution in [0, 0.1) is 6.92 Å². The second-order valence-electron chi connectivity index (χ2n) is 4.23. The van der Waals surface area contributed by atoms with Crippen LogP contribution < -0.4 is 11.1 Å². The van der Waals surface area contributed by atoms with Crippen LogP contribution >= 0.6 is 0 Å². The maximum atomic E-state index is 11.5. The second kappa shape index (κ2) is 5.12. The fourth-order valence-corrected chi connectivity index (χ4v) is 1.53. The number of hydrogen-bond acceptors (Lipinski definition) is 3. The molecule has 0 saturated heterocycles. The Morgan fingerprint density at radius 1 is 1.69 bits per heavy atom. The van der Waals surface area contributed by atoms with Crippen LogP contribution in [0.4, 0.5) is 0 Å². The molecular formula is C11H20N4O. The average molecular weight is 224 g/mol. The van der Waals surface area contributed by atoms with Crippen molar-refractivity contribution >= 4 is 5.91 Å². The summed E-state index contributed by atoms with van der Waals surface area (Å²) in [5.74, 6) is 0.542. The van der Waals surface area contributed by atoms with E-state index in [1.165, 1.54) is 0 Å². The van der Waals surface area contributed by atoms with E-state index in [2.05, 4.69) is 17.2 Å². The lowest BCUT2D eigenvalue weighted by atomic mass is 10.0. The molecule has 0 saturated carbocycles. The number of carbonyl (C=O) groups is 1. The fraction of sp³-hybridized carbons (Fsp3) is 0.636. The van der Waals surface area contributed by atoms with E-state index in [-0.39, 0.29) is 5.91 Å². The quantitative estimate of drug-likeness (QED) is 0.736. The van der Waals surface area contributed by atoms with E-state index < -0.39 is 5.54 Å². The molecule has 1 amide bonds. The molecule has 5 heteroatoms. The van der Waals surface area contributed by atoms with Gasteiger partial charge in [0.25, 0.3) is 0 Å². The molecular weight excluding hydrogens is 204 g/mol. The van der Waals surface area contributed by atoms with Crippen molar-refractivity contribution in [3.63, 3.8) is 0 Å². The Hall–Kier alpha value is -1.36. The molecule has 1 unspecified atom stereocenters. The topological polar surface area (TPSA) is 72.9 Å². The first-order valence-corrected chi connectivity index (χ1v) is 5.52. The number of hydrogen-bond donors (Lipinski definition) is 2. The van der Waals surface area contributed by atoms with Gasteiger partial charge >= 0.3 is 0 Å². The molecule has 3 N–H and O–H groups in total. The molecule has 0 aliphatic carbocycles. The first kappa shape index (κ1) is 12.7. The fourth-order valence-electron chi connectivity index (χ4n) is 1.53. The van der Waals surface area contributed by atoms with Gasteiger partial charge in [0.15, 0.2) is 0 Å². The normalized spacial score (nSPS) is 14.7. The van der Waals surface area contributed by atoms with Crippen molar-refractivity contribution in [2.24, 2.45) is 5.73 Å². The number of nitrogens with zero attached hydrogens (tertiary/aromatic N) is 2. The number of aryl methyl sites for hydroxylation is 1. The summed E-state index contributed by atoms with van der Waals surface area (Å²) in [6.45, 7) is 7.06. The van der Waals surface area contributed by atoms with Gasteiger partial charge in [0.2, 0.25) is 5.91 Å². The monoisotopic (exact) mass is 224 g/mol. The highest BCUT2D eigenvalue weighted by Crippen LogP contribution is 2.09. The van der Waals surface area contributed by atoms with Gasteiger partial charge in [-0.25, -0.2) is 4.98 Å². The molecule has 0 aliphatic rings. The summed E-state index contributed by atoms with van der Waals surface area (Å²) in [4.78, 5) is 15.6. The molecule has 0 spiro atoms. The van der Waals surface area contributed by atoms with E-state index in [9.17, 15) is 4.79 Å². The van der Waals surface area contributed by atoms with Crippen LogP contribution in [-0.4, -0.2) is 27.5 Å². The maximum Gasteiger partial charge on any atom is 0.239 e. The Balaban J connectivity index is 2.79. The van der Waals surface area contributed by atoms with Crippen molar-refractivity contribution in [1.82, 2.24) is 14.9 Å². The van der Waals surface area contributed by atoms with Crippen LogP contribution in [0.15, 0.2) is 12.4 Å². The minimum absolute atomic E-state index is 0.339. The van der Waals surface area contributed by atoms with Crippen LogP contribution in [0.1, 0.15) is 26.1 Å². The Kier molecular flexibility index (Phi) is 4.06. The summed E-state index contributed by atoms with van der Waals surface area (Å²) >= 11 is 0. The maximum absolute atomic E-state index is 11.5. The second-order valence-corrected chi connectivity index (χ2v) is 4.23. The smallest absolute Gasteiger partial charge is 0.239 e. The van der Waals surface area contributed by atoms with Gasteiger partial charge in [0.1, 0.15) is 11.4 Å². The van der Waals surface area contributed by atoms with E-state index in [0.29, 0.717) is 6.54 Å². The van der Waals surface area contributed by atoms with Crippen molar-refractivity contribution < 1.29 is 4.79 Å². The molecule has 1 atom stereocenters. The van der Waals surface area contributed by atoms with Gasteiger partial charge in [0, 0.05) is 12.4 Å². The van der Waals surface area contributed by atoms with Crippen molar-refractivity contribution in [3.05, 3.63) is 18.2 Å². The van der Waals surface area contributed by atoms with E-state index in [1.54, 1.807) is 6.20 Å². The number of rotatable bonds is 6. The summed E-state index contributed by atoms with van der Waals surface area (Å²) in [5.41, 5.74) is 4.72. The van der Waals surface area contributed by atoms with Gasteiger partial charge < -0.3 is 15.6 Å². The highest BCUT2D eigenvalue weighted by Gasteiger charge is 2.30. The Morgan fingerprint density at radius 3 is 2.81 bits per heavy atom. The van der Waals surface area contributed by atoms with E-state index >= 15 is 0 Å². The van der Waals surface area contributed by atoms with Crippen LogP contribution in [0.5, 0.6) is 0 Å². The summed E-state index contributed by atoms with van der Waals surface area (Å²) in [6.07, 6.45) is 4.53. The Bertz CT molecular complexity index is 361. The highest BCUT2D eigenvalue weighted by atomic mass is 16.1. The first-order valence-electron chi connectivity index (χ1n) is 5.52. The molecule has 0 bridgehead atoms. The number of imidazole rings is 1. The third kappa shape index (κ3) is 2.82. The molecule has 0 aliphatic heterocycles. The SMILES string of the molecule is CCCNC(C)(Cn1ccnc1C)C(N)=O. The lowest BCUT2D eigenvalue weighted by Crippen LogP contribution is -2.56. The van der Waals surface area contributed by atoms with Crippen molar-refractivity contribution in [1.29, 1.82) is 0 Å². The minimum atomic E-state index is -0.721. The number of nitrogens with two attached hydrogens (primary N) is 1. The van der Waals surface area contributed by atoms with Gasteiger partial charge in [-0.15, -0.1) is 0 Å². The molecule has 0 aromatic carbocycles. The third-order valence-corrected chi connectivity index (χ3v) is 2.72. The van der Waals surface area contributed by atoms with E-state index in [4.69, 9.17) is 5.73 Å². The number of carbonyl (C=O) groups excluding carboxylic acids is 1. The lowest BCUT2D eigenvalue weighted by molar-refractivity contribution is -0.124. The van der Waals surface area contributed by atoms with Crippen molar-refractivity contribution in [2.45, 2.75) is 39.3 Å². The first-order chi connectivity index (χ1) is 7.49. The van der Waals surface area contributed by atoms with Crippen LogP contribution in [-0.2, 0) is 11.3 Å². The summed E-state index contributed by atoms with van der Waals surface area (Å²) in [7, 11) is 0. The molecule has 5 nitrogen and oxygen atoms in total. The zero-order valence-electron chi connectivity index (χ0n) is 10.2. The zero-order valence-corrected chi connectivity index (χ0v) is 10.2. The van der Waals surface area contributed by atoms with E-state index in [1.807, 2.05) is 24.6 Å². The van der Waals surface area contributed by atoms with E-state index in [0.717, 1.165) is 18.8 Å². The Morgan fingerprint density at radius 2 is 2.38 bits per heavy atom. The molecule has 16 heavy (non-hydrogen) atoms. The summed E-state index contributed by atoms with van der Waals surface area (Å²) < 4.78 is 1.92. The number of amides is 1. The van der Waals surface area contributed by atoms with Crippen LogP contribution in [0.25, 0.3) is 0 Å². The van der Waals surface area contributed by atoms with Crippen LogP contribution in [0.2, 0.25) is 0 Å². The molecule has 1 rings (SSSR count). The van der Waals surface area contributed by atoms with Gasteiger partial charge in [-0.3, -0.25) is 4.79 Å². The zero-order chi connectivity index (χ0) is 12.2. The van der Waals surface area contributed by atoms with Gasteiger partial charge in [0.05, 0.1) is 6.54 Å². The predicted octanol–water partition coefficient (Wildman–Crippen LogP) is 0.435. The average Bonchev–Trinajstić information content (AvgIpc) is 2.61. The predicted molar refractivity (Wildman–Crippen MR) is 62.9 cm³/mol. The van der Waals surface area contributed by atoms with Crippen LogP contribution in [0.3, 0.4) is 0 Å². The summed E-state index contributed by atoms with van der Waals surface area (Å²) in [6, 6.07) is 0. The Labute approximate surface area is 96.0 Å². The minimum Gasteiger partial charge on any atom is -0.368 e. The molecule has 1 aromatic rings. The van der Waals surface area contributed by atoms with Crippen molar-refractivity contribution in [3.8, 4) is 0 Å².